The zero-order valence-corrected chi connectivity index (χ0v) is 15.1. The first-order valence-corrected chi connectivity index (χ1v) is 8.80. The number of aromatic hydroxyl groups is 1. The van der Waals surface area contributed by atoms with Crippen molar-refractivity contribution in [2.75, 3.05) is 11.4 Å². The average Bonchev–Trinajstić information content (AvgIpc) is 3.09. The number of rotatable bonds is 6. The van der Waals surface area contributed by atoms with Crippen LogP contribution < -0.4 is 10.2 Å². The summed E-state index contributed by atoms with van der Waals surface area (Å²) in [6, 6.07) is 9.36. The lowest BCUT2D eigenvalue weighted by Crippen LogP contribution is -2.43. The van der Waals surface area contributed by atoms with Gasteiger partial charge in [-0.3, -0.25) is 14.4 Å². The Bertz CT molecular complexity index is 738. The second kappa shape index (κ2) is 7.27. The SMILES string of the molecule is Cc1cc(N2CC[C@H](N[C@@H](C)CCc3ccc(O)cc3)C2=O)n(C)n1. The highest BCUT2D eigenvalue weighted by Crippen LogP contribution is 2.22. The number of carbonyl (C=O) groups excluding carboxylic acids is 1. The number of aryl methyl sites for hydroxylation is 3. The average molecular weight is 342 g/mol. The van der Waals surface area contributed by atoms with E-state index in [0.717, 1.165) is 37.3 Å². The van der Waals surface area contributed by atoms with E-state index in [9.17, 15) is 9.90 Å². The van der Waals surface area contributed by atoms with Crippen molar-refractivity contribution in [3.05, 3.63) is 41.6 Å². The Kier molecular flexibility index (Phi) is 5.08. The first-order valence-electron chi connectivity index (χ1n) is 8.80. The van der Waals surface area contributed by atoms with Gasteiger partial charge in [0.25, 0.3) is 0 Å². The van der Waals surface area contributed by atoms with Crippen LogP contribution in [0.3, 0.4) is 0 Å². The van der Waals surface area contributed by atoms with Crippen LogP contribution in [0.4, 0.5) is 5.82 Å². The zero-order chi connectivity index (χ0) is 18.0. The quantitative estimate of drug-likeness (QED) is 0.844. The van der Waals surface area contributed by atoms with Crippen LogP contribution in [0.5, 0.6) is 5.75 Å². The molecule has 1 aromatic heterocycles. The van der Waals surface area contributed by atoms with Gasteiger partial charge in [0.15, 0.2) is 0 Å². The van der Waals surface area contributed by atoms with Crippen molar-refractivity contribution in [1.82, 2.24) is 15.1 Å². The lowest BCUT2D eigenvalue weighted by Gasteiger charge is -2.20. The van der Waals surface area contributed by atoms with Crippen LogP contribution in [0.15, 0.2) is 30.3 Å². The fraction of sp³-hybridized carbons (Fsp3) is 0.474. The van der Waals surface area contributed by atoms with Crippen molar-refractivity contribution in [2.24, 2.45) is 7.05 Å². The van der Waals surface area contributed by atoms with Gasteiger partial charge in [0.1, 0.15) is 11.6 Å². The molecule has 2 heterocycles. The molecular formula is C19H26N4O2. The third-order valence-corrected chi connectivity index (χ3v) is 4.75. The van der Waals surface area contributed by atoms with E-state index in [0.29, 0.717) is 0 Å². The predicted molar refractivity (Wildman–Crippen MR) is 97.7 cm³/mol. The number of phenolic OH excluding ortho intramolecular Hbond substituents is 1. The van der Waals surface area contributed by atoms with Crippen molar-refractivity contribution in [1.29, 1.82) is 0 Å². The monoisotopic (exact) mass is 342 g/mol. The number of benzene rings is 1. The van der Waals surface area contributed by atoms with Crippen LogP contribution in [0.25, 0.3) is 0 Å². The molecule has 2 N–H and O–H groups in total. The first-order chi connectivity index (χ1) is 11.9. The van der Waals surface area contributed by atoms with Crippen LogP contribution in [-0.2, 0) is 18.3 Å². The minimum absolute atomic E-state index is 0.125. The normalized spacial score (nSPS) is 18.8. The Morgan fingerprint density at radius 2 is 2.08 bits per heavy atom. The summed E-state index contributed by atoms with van der Waals surface area (Å²) in [6.07, 6.45) is 2.67. The van der Waals surface area contributed by atoms with E-state index in [1.807, 2.05) is 37.1 Å². The maximum Gasteiger partial charge on any atom is 0.245 e. The van der Waals surface area contributed by atoms with Gasteiger partial charge in [-0.05, 0) is 50.8 Å². The number of nitrogens with zero attached hydrogens (tertiary/aromatic N) is 3. The summed E-state index contributed by atoms with van der Waals surface area (Å²) in [5, 5.41) is 17.1. The van der Waals surface area contributed by atoms with Gasteiger partial charge in [0.05, 0.1) is 11.7 Å². The van der Waals surface area contributed by atoms with E-state index in [1.54, 1.807) is 16.8 Å². The molecule has 134 valence electrons. The van der Waals surface area contributed by atoms with Crippen molar-refractivity contribution in [3.63, 3.8) is 0 Å². The van der Waals surface area contributed by atoms with E-state index < -0.39 is 0 Å². The summed E-state index contributed by atoms with van der Waals surface area (Å²) in [5.41, 5.74) is 2.11. The molecule has 1 aromatic carbocycles. The maximum absolute atomic E-state index is 12.7. The lowest BCUT2D eigenvalue weighted by molar-refractivity contribution is -0.119. The third kappa shape index (κ3) is 4.02. The highest BCUT2D eigenvalue weighted by atomic mass is 16.3. The molecule has 0 saturated carbocycles. The van der Waals surface area contributed by atoms with Gasteiger partial charge in [-0.1, -0.05) is 12.1 Å². The molecule has 0 unspecified atom stereocenters. The molecular weight excluding hydrogens is 316 g/mol. The van der Waals surface area contributed by atoms with Gasteiger partial charge >= 0.3 is 0 Å². The smallest absolute Gasteiger partial charge is 0.245 e. The van der Waals surface area contributed by atoms with Crippen molar-refractivity contribution < 1.29 is 9.90 Å². The van der Waals surface area contributed by atoms with E-state index in [-0.39, 0.29) is 23.7 Å². The Balaban J connectivity index is 1.53. The van der Waals surface area contributed by atoms with Gasteiger partial charge in [0.2, 0.25) is 5.91 Å². The van der Waals surface area contributed by atoms with Gasteiger partial charge in [-0.15, -0.1) is 0 Å². The predicted octanol–water partition coefficient (Wildman–Crippen LogP) is 2.15. The van der Waals surface area contributed by atoms with Crippen molar-refractivity contribution in [3.8, 4) is 5.75 Å². The third-order valence-electron chi connectivity index (χ3n) is 4.75. The summed E-state index contributed by atoms with van der Waals surface area (Å²) in [4.78, 5) is 14.5. The summed E-state index contributed by atoms with van der Waals surface area (Å²) in [6.45, 7) is 4.77. The van der Waals surface area contributed by atoms with Gasteiger partial charge in [-0.25, -0.2) is 0 Å². The minimum atomic E-state index is -0.134. The highest BCUT2D eigenvalue weighted by molar-refractivity contribution is 5.98. The molecule has 1 fully saturated rings. The van der Waals surface area contributed by atoms with Crippen LogP contribution in [0.1, 0.15) is 31.0 Å². The number of anilines is 1. The zero-order valence-electron chi connectivity index (χ0n) is 15.1. The molecule has 0 radical (unpaired) electrons. The Hall–Kier alpha value is -2.34. The van der Waals surface area contributed by atoms with E-state index in [1.165, 1.54) is 5.56 Å². The molecule has 1 amide bonds. The largest absolute Gasteiger partial charge is 0.508 e. The van der Waals surface area contributed by atoms with Crippen molar-refractivity contribution in [2.45, 2.75) is 45.2 Å². The minimum Gasteiger partial charge on any atom is -0.508 e. The molecule has 1 saturated heterocycles. The second-order valence-electron chi connectivity index (χ2n) is 6.87. The second-order valence-corrected chi connectivity index (χ2v) is 6.87. The fourth-order valence-corrected chi connectivity index (χ4v) is 3.38. The molecule has 1 aliphatic heterocycles. The molecule has 0 bridgehead atoms. The standard InChI is InChI=1S/C19H26N4O2/c1-13(4-5-15-6-8-16(24)9-7-15)20-17-10-11-23(19(17)25)18-12-14(2)21-22(18)3/h6-9,12-13,17,20,24H,4-5,10-11H2,1-3H3/t13-,17-/m0/s1. The molecule has 6 nitrogen and oxygen atoms in total. The number of amides is 1. The molecule has 1 aliphatic rings. The van der Waals surface area contributed by atoms with Crippen LogP contribution >= 0.6 is 0 Å². The Labute approximate surface area is 148 Å². The Morgan fingerprint density at radius 3 is 2.72 bits per heavy atom. The molecule has 0 aliphatic carbocycles. The van der Waals surface area contributed by atoms with Crippen LogP contribution in [0.2, 0.25) is 0 Å². The van der Waals surface area contributed by atoms with E-state index in [2.05, 4.69) is 17.3 Å². The maximum atomic E-state index is 12.7. The van der Waals surface area contributed by atoms with Gasteiger partial charge < -0.3 is 10.4 Å². The van der Waals surface area contributed by atoms with Crippen LogP contribution in [0, 0.1) is 6.92 Å². The number of carbonyl (C=O) groups is 1. The fourth-order valence-electron chi connectivity index (χ4n) is 3.38. The number of phenols is 1. The molecule has 3 rings (SSSR count). The topological polar surface area (TPSA) is 70.4 Å². The molecule has 2 aromatic rings. The number of aromatic nitrogens is 2. The Morgan fingerprint density at radius 1 is 1.36 bits per heavy atom. The van der Waals surface area contributed by atoms with Crippen LogP contribution in [-0.4, -0.2) is 39.4 Å². The summed E-state index contributed by atoms with van der Waals surface area (Å²) < 4.78 is 1.77. The molecule has 0 spiro atoms. The summed E-state index contributed by atoms with van der Waals surface area (Å²) in [7, 11) is 1.87. The number of hydrogen-bond donors (Lipinski definition) is 2. The summed E-state index contributed by atoms with van der Waals surface area (Å²) in [5.74, 6) is 1.28. The summed E-state index contributed by atoms with van der Waals surface area (Å²) >= 11 is 0. The van der Waals surface area contributed by atoms with Gasteiger partial charge in [-0.2, -0.15) is 5.10 Å². The van der Waals surface area contributed by atoms with E-state index in [4.69, 9.17) is 0 Å². The number of nitrogens with one attached hydrogen (secondary N) is 1. The molecule has 25 heavy (non-hydrogen) atoms. The first kappa shape index (κ1) is 17.5. The lowest BCUT2D eigenvalue weighted by atomic mass is 10.1. The van der Waals surface area contributed by atoms with Gasteiger partial charge in [0, 0.05) is 25.7 Å². The molecule has 6 heteroatoms. The van der Waals surface area contributed by atoms with E-state index >= 15 is 0 Å². The highest BCUT2D eigenvalue weighted by Gasteiger charge is 2.34. The molecule has 2 atom stereocenters. The van der Waals surface area contributed by atoms with Crippen molar-refractivity contribution >= 4 is 11.7 Å². The number of hydrogen-bond acceptors (Lipinski definition) is 4.